The summed E-state index contributed by atoms with van der Waals surface area (Å²) in [5.41, 5.74) is 1.22. The van der Waals surface area contributed by atoms with Crippen molar-refractivity contribution >= 4 is 0 Å². The van der Waals surface area contributed by atoms with E-state index < -0.39 is 0 Å². The van der Waals surface area contributed by atoms with E-state index in [0.29, 0.717) is 17.8 Å². The topological polar surface area (TPSA) is 9.23 Å². The van der Waals surface area contributed by atoms with Crippen LogP contribution in [0.15, 0.2) is 37.0 Å². The Kier molecular flexibility index (Phi) is 11.4. The van der Waals surface area contributed by atoms with Crippen molar-refractivity contribution in [1.82, 2.24) is 0 Å². The number of rotatable bonds is 11. The van der Waals surface area contributed by atoms with Gasteiger partial charge in [-0.05, 0) is 86.9 Å². The van der Waals surface area contributed by atoms with E-state index in [4.69, 9.17) is 4.74 Å². The fourth-order valence-electron chi connectivity index (χ4n) is 9.06. The maximum absolute atomic E-state index is 6.66. The molecule has 0 amide bonds. The molecule has 3 saturated carbocycles. The largest absolute Gasteiger partial charge is 0.376 e. The number of allylic oxidation sites excluding steroid dienone is 4. The molecule has 206 valence electrons. The van der Waals surface area contributed by atoms with Crippen LogP contribution >= 0.6 is 0 Å². The van der Waals surface area contributed by atoms with Crippen LogP contribution in [0.25, 0.3) is 0 Å². The Bertz CT molecular complexity index is 670. The van der Waals surface area contributed by atoms with Crippen molar-refractivity contribution in [3.05, 3.63) is 37.0 Å². The lowest BCUT2D eigenvalue weighted by atomic mass is 9.51. The molecule has 0 saturated heterocycles. The van der Waals surface area contributed by atoms with Crippen molar-refractivity contribution in [3.63, 3.8) is 0 Å². The van der Waals surface area contributed by atoms with Crippen LogP contribution in [0.1, 0.15) is 119 Å². The molecule has 1 heteroatoms. The zero-order valence-electron chi connectivity index (χ0n) is 24.9. The summed E-state index contributed by atoms with van der Waals surface area (Å²) < 4.78 is 6.66. The van der Waals surface area contributed by atoms with Crippen molar-refractivity contribution in [1.29, 1.82) is 0 Å². The lowest BCUT2D eigenvalue weighted by molar-refractivity contribution is -0.142. The number of hydrogen-bond donors (Lipinski definition) is 0. The molecule has 0 heterocycles. The van der Waals surface area contributed by atoms with Gasteiger partial charge in [0.05, 0.1) is 5.60 Å². The van der Waals surface area contributed by atoms with Crippen LogP contribution < -0.4 is 0 Å². The zero-order valence-corrected chi connectivity index (χ0v) is 24.9. The Morgan fingerprint density at radius 2 is 1.31 bits per heavy atom. The highest BCUT2D eigenvalue weighted by atomic mass is 16.5. The third kappa shape index (κ3) is 7.18. The highest BCUT2D eigenvalue weighted by molar-refractivity contribution is 5.21. The number of hydrogen-bond acceptors (Lipinski definition) is 1. The van der Waals surface area contributed by atoms with E-state index >= 15 is 0 Å². The van der Waals surface area contributed by atoms with Gasteiger partial charge in [-0.1, -0.05) is 122 Å². The fourth-order valence-corrected chi connectivity index (χ4v) is 9.06. The molecule has 0 bridgehead atoms. The van der Waals surface area contributed by atoms with Crippen LogP contribution in [-0.2, 0) is 4.74 Å². The van der Waals surface area contributed by atoms with Gasteiger partial charge in [-0.2, -0.15) is 0 Å². The Labute approximate surface area is 225 Å². The Hall–Kier alpha value is -0.820. The summed E-state index contributed by atoms with van der Waals surface area (Å²) in [5.74, 6) is 6.72. The van der Waals surface area contributed by atoms with E-state index in [1.54, 1.807) is 0 Å². The summed E-state index contributed by atoms with van der Waals surface area (Å²) in [7, 11) is 0. The third-order valence-electron chi connectivity index (χ3n) is 11.3. The SMILES string of the molecule is C=C/C=C\C(=C)C(C)C1CC(C(C)C2CCCCC2)C(C(C)(C)OCC)C(C(C)C2CCCCC2)C1. The van der Waals surface area contributed by atoms with E-state index in [9.17, 15) is 0 Å². The molecule has 0 aromatic heterocycles. The predicted octanol–water partition coefficient (Wildman–Crippen LogP) is 10.4. The van der Waals surface area contributed by atoms with Gasteiger partial charge in [0.2, 0.25) is 0 Å². The molecule has 0 N–H and O–H groups in total. The van der Waals surface area contributed by atoms with Gasteiger partial charge in [-0.15, -0.1) is 0 Å². The second kappa shape index (κ2) is 13.8. The van der Waals surface area contributed by atoms with Gasteiger partial charge < -0.3 is 4.74 Å². The van der Waals surface area contributed by atoms with Gasteiger partial charge in [-0.25, -0.2) is 0 Å². The van der Waals surface area contributed by atoms with Crippen molar-refractivity contribution in [2.24, 2.45) is 53.3 Å². The van der Waals surface area contributed by atoms with Crippen LogP contribution in [0.5, 0.6) is 0 Å². The average molecular weight is 497 g/mol. The Balaban J connectivity index is 1.99. The molecule has 0 aromatic carbocycles. The monoisotopic (exact) mass is 496 g/mol. The maximum atomic E-state index is 6.66. The van der Waals surface area contributed by atoms with E-state index in [0.717, 1.165) is 42.1 Å². The smallest absolute Gasteiger partial charge is 0.0659 e. The molecule has 3 aliphatic rings. The molecule has 0 aliphatic heterocycles. The molecular weight excluding hydrogens is 436 g/mol. The first-order chi connectivity index (χ1) is 17.2. The molecule has 36 heavy (non-hydrogen) atoms. The number of ether oxygens (including phenoxy) is 1. The van der Waals surface area contributed by atoms with Gasteiger partial charge in [0, 0.05) is 6.61 Å². The van der Waals surface area contributed by atoms with Crippen LogP contribution in [-0.4, -0.2) is 12.2 Å². The van der Waals surface area contributed by atoms with E-state index in [1.807, 2.05) is 6.08 Å². The van der Waals surface area contributed by atoms with Crippen molar-refractivity contribution in [2.75, 3.05) is 6.61 Å². The second-order valence-corrected chi connectivity index (χ2v) is 13.6. The van der Waals surface area contributed by atoms with Crippen molar-refractivity contribution in [3.8, 4) is 0 Å². The zero-order chi connectivity index (χ0) is 26.3. The summed E-state index contributed by atoms with van der Waals surface area (Å²) in [4.78, 5) is 0. The van der Waals surface area contributed by atoms with Crippen LogP contribution in [0.4, 0.5) is 0 Å². The minimum absolute atomic E-state index is 0.0656. The quantitative estimate of drug-likeness (QED) is 0.258. The molecule has 0 radical (unpaired) electrons. The average Bonchev–Trinajstić information content (AvgIpc) is 2.90. The first-order valence-electron chi connectivity index (χ1n) is 15.8. The molecular formula is C35H60O. The maximum Gasteiger partial charge on any atom is 0.0659 e. The third-order valence-corrected chi connectivity index (χ3v) is 11.3. The van der Waals surface area contributed by atoms with Gasteiger partial charge in [0.25, 0.3) is 0 Å². The first-order valence-corrected chi connectivity index (χ1v) is 15.8. The van der Waals surface area contributed by atoms with Gasteiger partial charge in [0.15, 0.2) is 0 Å². The molecule has 5 atom stereocenters. The molecule has 0 aromatic rings. The summed E-state index contributed by atoms with van der Waals surface area (Å²) in [6, 6.07) is 0. The van der Waals surface area contributed by atoms with Crippen LogP contribution in [0.3, 0.4) is 0 Å². The lowest BCUT2D eigenvalue weighted by Gasteiger charge is -2.55. The normalized spacial score (nSPS) is 31.7. The minimum atomic E-state index is -0.0656. The fraction of sp³-hybridized carbons (Fsp3) is 0.829. The minimum Gasteiger partial charge on any atom is -0.376 e. The highest BCUT2D eigenvalue weighted by Crippen LogP contribution is 2.56. The lowest BCUT2D eigenvalue weighted by Crippen LogP contribution is -2.53. The molecule has 3 fully saturated rings. The Morgan fingerprint density at radius 3 is 1.72 bits per heavy atom. The van der Waals surface area contributed by atoms with Gasteiger partial charge >= 0.3 is 0 Å². The Morgan fingerprint density at radius 1 is 0.833 bits per heavy atom. The van der Waals surface area contributed by atoms with Crippen molar-refractivity contribution < 1.29 is 4.74 Å². The first kappa shape index (κ1) is 29.7. The highest BCUT2D eigenvalue weighted by Gasteiger charge is 2.51. The summed E-state index contributed by atoms with van der Waals surface area (Å²) in [6.45, 7) is 24.1. The second-order valence-electron chi connectivity index (χ2n) is 13.6. The molecule has 3 aliphatic carbocycles. The standard InChI is InChI=1S/C35H60O/c1-9-11-18-25(3)26(4)31-23-32(27(5)29-19-14-12-15-20-29)34(35(7,8)36-10-2)33(24-31)28(6)30-21-16-13-17-22-30/h9,11,18,26-34H,1,3,10,12-17,19-24H2,2,4-8H3/b18-11-. The summed E-state index contributed by atoms with van der Waals surface area (Å²) >= 11 is 0. The van der Waals surface area contributed by atoms with E-state index in [2.05, 4.69) is 66.9 Å². The summed E-state index contributed by atoms with van der Waals surface area (Å²) in [6.07, 6.45) is 23.3. The van der Waals surface area contributed by atoms with E-state index in [-0.39, 0.29) is 5.60 Å². The van der Waals surface area contributed by atoms with Crippen LogP contribution in [0.2, 0.25) is 0 Å². The van der Waals surface area contributed by atoms with Gasteiger partial charge in [-0.3, -0.25) is 0 Å². The van der Waals surface area contributed by atoms with Crippen LogP contribution in [0, 0.1) is 53.3 Å². The predicted molar refractivity (Wildman–Crippen MR) is 158 cm³/mol. The molecule has 0 spiro atoms. The molecule has 1 nitrogen and oxygen atoms in total. The molecule has 3 rings (SSSR count). The molecule has 5 unspecified atom stereocenters. The van der Waals surface area contributed by atoms with Crippen molar-refractivity contribution in [2.45, 2.75) is 124 Å². The van der Waals surface area contributed by atoms with Gasteiger partial charge in [0.1, 0.15) is 0 Å². The van der Waals surface area contributed by atoms with E-state index in [1.165, 1.54) is 82.6 Å². The summed E-state index contributed by atoms with van der Waals surface area (Å²) in [5, 5.41) is 0.